The molecule has 4 nitrogen and oxygen atoms in total. The summed E-state index contributed by atoms with van der Waals surface area (Å²) in [5.41, 5.74) is 6.41. The highest BCUT2D eigenvalue weighted by molar-refractivity contribution is 5.55. The van der Waals surface area contributed by atoms with Crippen LogP contribution in [0.4, 0.5) is 5.69 Å². The summed E-state index contributed by atoms with van der Waals surface area (Å²) in [4.78, 5) is 0. The van der Waals surface area contributed by atoms with Crippen LogP contribution in [0.1, 0.15) is 6.92 Å². The van der Waals surface area contributed by atoms with Crippen molar-refractivity contribution in [1.29, 1.82) is 0 Å². The molecule has 2 rings (SSSR count). The van der Waals surface area contributed by atoms with Crippen molar-refractivity contribution in [3.05, 3.63) is 48.5 Å². The highest BCUT2D eigenvalue weighted by Crippen LogP contribution is 2.26. The maximum Gasteiger partial charge on any atom is 0.145 e. The van der Waals surface area contributed by atoms with Gasteiger partial charge in [0, 0.05) is 6.07 Å². The van der Waals surface area contributed by atoms with Crippen molar-refractivity contribution in [1.82, 2.24) is 0 Å². The minimum absolute atomic E-state index is 0.463. The molecule has 106 valence electrons. The Balaban J connectivity index is 1.80. The van der Waals surface area contributed by atoms with Gasteiger partial charge in [0.15, 0.2) is 0 Å². The number of hydrogen-bond donors (Lipinski definition) is 1. The molecule has 0 unspecified atom stereocenters. The molecule has 0 saturated carbocycles. The lowest BCUT2D eigenvalue weighted by molar-refractivity contribution is 0.216. The van der Waals surface area contributed by atoms with Crippen LogP contribution >= 0.6 is 0 Å². The van der Waals surface area contributed by atoms with E-state index in [1.807, 2.05) is 43.3 Å². The summed E-state index contributed by atoms with van der Waals surface area (Å²) in [7, 11) is 0. The van der Waals surface area contributed by atoms with Crippen molar-refractivity contribution < 1.29 is 14.2 Å². The van der Waals surface area contributed by atoms with Crippen LogP contribution in [0.25, 0.3) is 0 Å². The summed E-state index contributed by atoms with van der Waals surface area (Å²) in [6, 6.07) is 15.0. The lowest BCUT2D eigenvalue weighted by Crippen LogP contribution is -2.09. The van der Waals surface area contributed by atoms with Crippen LogP contribution in [0, 0.1) is 0 Å². The van der Waals surface area contributed by atoms with E-state index in [0.29, 0.717) is 31.3 Å². The van der Waals surface area contributed by atoms with Gasteiger partial charge in [-0.15, -0.1) is 0 Å². The predicted molar refractivity (Wildman–Crippen MR) is 79.5 cm³/mol. The summed E-state index contributed by atoms with van der Waals surface area (Å²) < 4.78 is 16.6. The molecule has 4 heteroatoms. The monoisotopic (exact) mass is 273 g/mol. The molecule has 2 aromatic rings. The Labute approximate surface area is 119 Å². The van der Waals surface area contributed by atoms with E-state index in [9.17, 15) is 0 Å². The summed E-state index contributed by atoms with van der Waals surface area (Å²) in [6.45, 7) is 3.44. The van der Waals surface area contributed by atoms with Crippen LogP contribution in [-0.2, 0) is 0 Å². The van der Waals surface area contributed by atoms with Crippen LogP contribution < -0.4 is 19.9 Å². The number of rotatable bonds is 7. The number of para-hydroxylation sites is 1. The third-order valence-corrected chi connectivity index (χ3v) is 2.65. The molecule has 0 saturated heterocycles. The third-order valence-electron chi connectivity index (χ3n) is 2.65. The molecule has 0 spiro atoms. The van der Waals surface area contributed by atoms with Crippen molar-refractivity contribution in [3.8, 4) is 17.2 Å². The van der Waals surface area contributed by atoms with E-state index in [4.69, 9.17) is 19.9 Å². The number of nitrogens with two attached hydrogens (primary N) is 1. The van der Waals surface area contributed by atoms with Gasteiger partial charge in [-0.1, -0.05) is 18.2 Å². The molecule has 0 atom stereocenters. The summed E-state index contributed by atoms with van der Waals surface area (Å²) in [5, 5.41) is 0. The van der Waals surface area contributed by atoms with E-state index in [1.54, 1.807) is 12.1 Å². The topological polar surface area (TPSA) is 53.7 Å². The molecule has 0 bridgehead atoms. The number of hydrogen-bond acceptors (Lipinski definition) is 4. The molecule has 0 fully saturated rings. The molecule has 0 amide bonds. The average Bonchev–Trinajstić information content (AvgIpc) is 2.48. The quantitative estimate of drug-likeness (QED) is 0.622. The third kappa shape index (κ3) is 4.09. The first-order valence-electron chi connectivity index (χ1n) is 6.62. The smallest absolute Gasteiger partial charge is 0.145 e. The highest BCUT2D eigenvalue weighted by Gasteiger charge is 2.02. The molecule has 20 heavy (non-hydrogen) atoms. The second-order valence-corrected chi connectivity index (χ2v) is 4.14. The van der Waals surface area contributed by atoms with Crippen LogP contribution in [0.2, 0.25) is 0 Å². The first-order chi connectivity index (χ1) is 9.79. The van der Waals surface area contributed by atoms with E-state index in [-0.39, 0.29) is 0 Å². The predicted octanol–water partition coefficient (Wildman–Crippen LogP) is 3.13. The molecule has 0 heterocycles. The highest BCUT2D eigenvalue weighted by atomic mass is 16.5. The van der Waals surface area contributed by atoms with Crippen LogP contribution in [0.3, 0.4) is 0 Å². The van der Waals surface area contributed by atoms with Gasteiger partial charge in [0.2, 0.25) is 0 Å². The van der Waals surface area contributed by atoms with Gasteiger partial charge in [-0.2, -0.15) is 0 Å². The molecule has 2 N–H and O–H groups in total. The van der Waals surface area contributed by atoms with Gasteiger partial charge in [-0.05, 0) is 31.2 Å². The fraction of sp³-hybridized carbons (Fsp3) is 0.250. The second-order valence-electron chi connectivity index (χ2n) is 4.14. The molecule has 0 aliphatic heterocycles. The zero-order chi connectivity index (χ0) is 14.2. The zero-order valence-electron chi connectivity index (χ0n) is 11.5. The van der Waals surface area contributed by atoms with E-state index in [2.05, 4.69) is 0 Å². The van der Waals surface area contributed by atoms with Crippen molar-refractivity contribution in [2.45, 2.75) is 6.92 Å². The minimum atomic E-state index is 0.463. The fourth-order valence-corrected chi connectivity index (χ4v) is 1.72. The Hall–Kier alpha value is -2.36. The molecular weight excluding hydrogens is 254 g/mol. The summed E-state index contributed by atoms with van der Waals surface area (Å²) in [5.74, 6) is 2.21. The largest absolute Gasteiger partial charge is 0.492 e. The van der Waals surface area contributed by atoms with Crippen LogP contribution in [-0.4, -0.2) is 19.8 Å². The maximum atomic E-state index is 5.80. The number of anilines is 1. The van der Waals surface area contributed by atoms with E-state index in [1.165, 1.54) is 0 Å². The Morgan fingerprint density at radius 3 is 2.25 bits per heavy atom. The molecule has 0 aliphatic carbocycles. The number of nitrogen functional groups attached to an aromatic ring is 1. The lowest BCUT2D eigenvalue weighted by atomic mass is 10.3. The van der Waals surface area contributed by atoms with Gasteiger partial charge in [0.25, 0.3) is 0 Å². The Morgan fingerprint density at radius 2 is 1.55 bits per heavy atom. The van der Waals surface area contributed by atoms with Gasteiger partial charge in [0.05, 0.1) is 12.3 Å². The van der Waals surface area contributed by atoms with Gasteiger partial charge in [-0.3, -0.25) is 0 Å². The average molecular weight is 273 g/mol. The standard InChI is InChI=1S/C16H19NO3/c1-2-18-16-12-14(8-9-15(16)17)20-11-10-19-13-6-4-3-5-7-13/h3-9,12H,2,10-11,17H2,1H3. The van der Waals surface area contributed by atoms with Gasteiger partial charge in [-0.25, -0.2) is 0 Å². The molecule has 0 aromatic heterocycles. The van der Waals surface area contributed by atoms with Crippen molar-refractivity contribution in [2.75, 3.05) is 25.6 Å². The Morgan fingerprint density at radius 1 is 0.850 bits per heavy atom. The molecule has 2 aromatic carbocycles. The van der Waals surface area contributed by atoms with Gasteiger partial charge < -0.3 is 19.9 Å². The fourth-order valence-electron chi connectivity index (χ4n) is 1.72. The Bertz CT molecular complexity index is 529. The maximum absolute atomic E-state index is 5.80. The van der Waals surface area contributed by atoms with Gasteiger partial charge >= 0.3 is 0 Å². The van der Waals surface area contributed by atoms with Crippen LogP contribution in [0.5, 0.6) is 17.2 Å². The van der Waals surface area contributed by atoms with Gasteiger partial charge in [0.1, 0.15) is 30.5 Å². The SMILES string of the molecule is CCOc1cc(OCCOc2ccccc2)ccc1N. The molecular formula is C16H19NO3. The van der Waals surface area contributed by atoms with Crippen molar-refractivity contribution in [2.24, 2.45) is 0 Å². The van der Waals surface area contributed by atoms with Crippen molar-refractivity contribution in [3.63, 3.8) is 0 Å². The Kier molecular flexibility index (Phi) is 5.12. The van der Waals surface area contributed by atoms with E-state index < -0.39 is 0 Å². The summed E-state index contributed by atoms with van der Waals surface area (Å²) >= 11 is 0. The first-order valence-corrected chi connectivity index (χ1v) is 6.62. The number of benzene rings is 2. The first kappa shape index (κ1) is 14.1. The molecule has 0 aliphatic rings. The normalized spacial score (nSPS) is 10.1. The second kappa shape index (κ2) is 7.28. The zero-order valence-corrected chi connectivity index (χ0v) is 11.5. The van der Waals surface area contributed by atoms with E-state index in [0.717, 1.165) is 11.5 Å². The van der Waals surface area contributed by atoms with Crippen molar-refractivity contribution >= 4 is 5.69 Å². The van der Waals surface area contributed by atoms with E-state index >= 15 is 0 Å². The molecule has 0 radical (unpaired) electrons. The van der Waals surface area contributed by atoms with Crippen LogP contribution in [0.15, 0.2) is 48.5 Å². The lowest BCUT2D eigenvalue weighted by Gasteiger charge is -2.11. The summed E-state index contributed by atoms with van der Waals surface area (Å²) in [6.07, 6.45) is 0. The minimum Gasteiger partial charge on any atom is -0.492 e. The number of ether oxygens (including phenoxy) is 3.